The molecule has 0 radical (unpaired) electrons. The van der Waals surface area contributed by atoms with E-state index in [1.165, 1.54) is 0 Å². The van der Waals surface area contributed by atoms with Gasteiger partial charge in [0.25, 0.3) is 0 Å². The Balaban J connectivity index is 4.47. The smallest absolute Gasteiger partial charge is 0.326 e. The fourth-order valence-electron chi connectivity index (χ4n) is 2.66. The fourth-order valence-corrected chi connectivity index (χ4v) is 2.92. The van der Waals surface area contributed by atoms with Gasteiger partial charge >= 0.3 is 5.97 Å². The lowest BCUT2D eigenvalue weighted by atomic mass is 10.1. The minimum atomic E-state index is -1.27. The van der Waals surface area contributed by atoms with E-state index >= 15 is 0 Å². The van der Waals surface area contributed by atoms with Gasteiger partial charge in [-0.05, 0) is 25.7 Å². The molecule has 3 atom stereocenters. The van der Waals surface area contributed by atoms with Gasteiger partial charge in [-0.1, -0.05) is 0 Å². The molecule has 0 aromatic rings. The van der Waals surface area contributed by atoms with Crippen molar-refractivity contribution in [2.75, 3.05) is 31.9 Å². The standard InChI is InChI=1S/C19H37N11O6S/c20-10(3-1-5-25-18(21)22)15(33)28-7-13(31)27-8-14(32)29-12(9-37)16(34)30-11(17(35)36)4-2-6-26-19(23)24/h10-12,37H,1-9,20H2,(H,27,31)(H,28,33)(H,29,32)(H,30,34)(H,35,36)(H4,21,22,25)(H4,23,24,26)/t10-,11-,12+/m0/s1. The van der Waals surface area contributed by atoms with Gasteiger partial charge < -0.3 is 55.0 Å². The van der Waals surface area contributed by atoms with Crippen LogP contribution in [0.5, 0.6) is 0 Å². The third kappa shape index (κ3) is 16.5. The molecular formula is C19H37N11O6S. The van der Waals surface area contributed by atoms with Crippen LogP contribution in [0.25, 0.3) is 0 Å². The maximum atomic E-state index is 12.4. The van der Waals surface area contributed by atoms with Crippen LogP contribution in [-0.4, -0.2) is 96.7 Å². The Morgan fingerprint density at radius 1 is 0.757 bits per heavy atom. The average Bonchev–Trinajstić information content (AvgIpc) is 2.83. The van der Waals surface area contributed by atoms with E-state index in [2.05, 4.69) is 43.9 Å². The number of rotatable bonds is 18. The quantitative estimate of drug-likeness (QED) is 0.0333. The second-order valence-corrected chi connectivity index (χ2v) is 8.07. The van der Waals surface area contributed by atoms with E-state index in [0.29, 0.717) is 25.8 Å². The van der Waals surface area contributed by atoms with Crippen molar-refractivity contribution in [2.24, 2.45) is 38.7 Å². The van der Waals surface area contributed by atoms with Crippen LogP contribution in [0.15, 0.2) is 9.98 Å². The van der Waals surface area contributed by atoms with E-state index in [1.54, 1.807) is 0 Å². The van der Waals surface area contributed by atoms with E-state index in [9.17, 15) is 29.1 Å². The molecule has 4 amide bonds. The van der Waals surface area contributed by atoms with Crippen LogP contribution in [0.4, 0.5) is 0 Å². The maximum absolute atomic E-state index is 12.4. The Kier molecular flexibility index (Phi) is 16.6. The van der Waals surface area contributed by atoms with Gasteiger partial charge in [-0.3, -0.25) is 29.2 Å². The molecule has 0 aromatic carbocycles. The summed E-state index contributed by atoms with van der Waals surface area (Å²) < 4.78 is 0. The molecule has 17 nitrogen and oxygen atoms in total. The van der Waals surface area contributed by atoms with Crippen molar-refractivity contribution in [3.63, 3.8) is 0 Å². The average molecular weight is 548 g/mol. The normalized spacial score (nSPS) is 12.7. The van der Waals surface area contributed by atoms with Gasteiger partial charge in [-0.15, -0.1) is 0 Å². The number of nitrogens with zero attached hydrogens (tertiary/aromatic N) is 2. The van der Waals surface area contributed by atoms with Gasteiger partial charge in [-0.25, -0.2) is 4.79 Å². The number of aliphatic imine (C=N–C) groups is 2. The zero-order valence-corrected chi connectivity index (χ0v) is 21.2. The number of carboxylic acid groups (broad SMARTS) is 1. The maximum Gasteiger partial charge on any atom is 0.326 e. The lowest BCUT2D eigenvalue weighted by Gasteiger charge is -2.20. The first-order valence-electron chi connectivity index (χ1n) is 11.2. The predicted molar refractivity (Wildman–Crippen MR) is 139 cm³/mol. The highest BCUT2D eigenvalue weighted by molar-refractivity contribution is 7.80. The second kappa shape index (κ2) is 18.5. The number of carboxylic acids is 1. The van der Waals surface area contributed by atoms with Crippen molar-refractivity contribution >= 4 is 54.1 Å². The monoisotopic (exact) mass is 547 g/mol. The predicted octanol–water partition coefficient (Wildman–Crippen LogP) is -5.36. The summed E-state index contributed by atoms with van der Waals surface area (Å²) >= 11 is 4.00. The molecule has 0 spiro atoms. The molecule has 0 aliphatic carbocycles. The molecule has 0 heterocycles. The third-order valence-corrected chi connectivity index (χ3v) is 4.93. The highest BCUT2D eigenvalue weighted by atomic mass is 32.1. The molecular weight excluding hydrogens is 510 g/mol. The number of carbonyl (C=O) groups excluding carboxylic acids is 4. The van der Waals surface area contributed by atoms with Crippen LogP contribution in [0.2, 0.25) is 0 Å². The lowest BCUT2D eigenvalue weighted by molar-refractivity contribution is -0.142. The first-order valence-corrected chi connectivity index (χ1v) is 11.8. The Morgan fingerprint density at radius 3 is 1.81 bits per heavy atom. The first kappa shape index (κ1) is 33.2. The fraction of sp³-hybridized carbons (Fsp3) is 0.632. The van der Waals surface area contributed by atoms with E-state index < -0.39 is 60.8 Å². The summed E-state index contributed by atoms with van der Waals surface area (Å²) in [6.07, 6.45) is 1.09. The molecule has 18 heteroatoms. The number of hydrogen-bond acceptors (Lipinski definition) is 9. The van der Waals surface area contributed by atoms with Crippen LogP contribution in [-0.2, 0) is 24.0 Å². The van der Waals surface area contributed by atoms with Crippen molar-refractivity contribution in [3.05, 3.63) is 0 Å². The van der Waals surface area contributed by atoms with Crippen LogP contribution in [0.1, 0.15) is 25.7 Å². The molecule has 0 bridgehead atoms. The third-order valence-electron chi connectivity index (χ3n) is 4.57. The summed E-state index contributed by atoms with van der Waals surface area (Å²) in [6, 6.07) is -3.27. The molecule has 37 heavy (non-hydrogen) atoms. The molecule has 0 aliphatic rings. The number of hydrogen-bond donors (Lipinski definition) is 11. The largest absolute Gasteiger partial charge is 0.480 e. The van der Waals surface area contributed by atoms with Crippen molar-refractivity contribution in [2.45, 2.75) is 43.8 Å². The topological polar surface area (TPSA) is 309 Å². The number of guanidine groups is 2. The SMILES string of the molecule is NC(N)=NCCC[C@H](NC(=O)[C@@H](CS)NC(=O)CNC(=O)CNC(=O)[C@@H](N)CCCN=C(N)N)C(=O)O. The summed E-state index contributed by atoms with van der Waals surface area (Å²) in [5.74, 6) is -4.36. The zero-order chi connectivity index (χ0) is 28.4. The highest BCUT2D eigenvalue weighted by Crippen LogP contribution is 2.00. The summed E-state index contributed by atoms with van der Waals surface area (Å²) in [5.41, 5.74) is 26.5. The molecule has 0 rings (SSSR count). The Bertz CT molecular complexity index is 846. The van der Waals surface area contributed by atoms with Crippen molar-refractivity contribution in [1.29, 1.82) is 0 Å². The summed E-state index contributed by atoms with van der Waals surface area (Å²) in [6.45, 7) is -0.442. The molecule has 0 unspecified atom stereocenters. The van der Waals surface area contributed by atoms with Crippen LogP contribution in [0.3, 0.4) is 0 Å². The highest BCUT2D eigenvalue weighted by Gasteiger charge is 2.25. The van der Waals surface area contributed by atoms with Crippen LogP contribution >= 0.6 is 12.6 Å². The first-order chi connectivity index (χ1) is 17.4. The molecule has 0 aliphatic heterocycles. The lowest BCUT2D eigenvalue weighted by Crippen LogP contribution is -2.54. The van der Waals surface area contributed by atoms with E-state index in [0.717, 1.165) is 0 Å². The summed E-state index contributed by atoms with van der Waals surface area (Å²) in [7, 11) is 0. The Labute approximate surface area is 219 Å². The molecule has 0 fully saturated rings. The minimum absolute atomic E-state index is 0.0484. The molecule has 210 valence electrons. The summed E-state index contributed by atoms with van der Waals surface area (Å²) in [4.78, 5) is 67.3. The van der Waals surface area contributed by atoms with Crippen LogP contribution < -0.4 is 49.9 Å². The number of nitrogens with one attached hydrogen (secondary N) is 4. The van der Waals surface area contributed by atoms with E-state index in [-0.39, 0.29) is 30.6 Å². The number of aliphatic carboxylic acids is 1. The second-order valence-electron chi connectivity index (χ2n) is 7.70. The van der Waals surface area contributed by atoms with Crippen molar-refractivity contribution in [1.82, 2.24) is 21.3 Å². The van der Waals surface area contributed by atoms with Gasteiger partial charge in [0.05, 0.1) is 19.1 Å². The number of amides is 4. The zero-order valence-electron chi connectivity index (χ0n) is 20.3. The molecule has 0 saturated carbocycles. The molecule has 0 saturated heterocycles. The Morgan fingerprint density at radius 2 is 1.30 bits per heavy atom. The minimum Gasteiger partial charge on any atom is -0.480 e. The van der Waals surface area contributed by atoms with E-state index in [1.807, 2.05) is 0 Å². The van der Waals surface area contributed by atoms with Crippen molar-refractivity contribution in [3.8, 4) is 0 Å². The van der Waals surface area contributed by atoms with Gasteiger partial charge in [0.1, 0.15) is 12.1 Å². The van der Waals surface area contributed by atoms with Crippen molar-refractivity contribution < 1.29 is 29.1 Å². The van der Waals surface area contributed by atoms with E-state index in [4.69, 9.17) is 28.7 Å². The van der Waals surface area contributed by atoms with Gasteiger partial charge in [0.15, 0.2) is 11.9 Å². The van der Waals surface area contributed by atoms with Gasteiger partial charge in [0.2, 0.25) is 23.6 Å². The van der Waals surface area contributed by atoms with Gasteiger partial charge in [0, 0.05) is 18.8 Å². The Hall–Kier alpha value is -3.80. The number of nitrogens with two attached hydrogens (primary N) is 5. The van der Waals surface area contributed by atoms with Gasteiger partial charge in [-0.2, -0.15) is 12.6 Å². The number of carbonyl (C=O) groups is 5. The molecule has 0 aromatic heterocycles. The summed E-state index contributed by atoms with van der Waals surface area (Å²) in [5, 5.41) is 18.6. The molecule has 15 N–H and O–H groups in total. The number of thiol groups is 1. The van der Waals surface area contributed by atoms with Crippen LogP contribution in [0, 0.1) is 0 Å².